The highest BCUT2D eigenvalue weighted by atomic mass is 15.2. The molecule has 0 amide bonds. The van der Waals surface area contributed by atoms with E-state index in [-0.39, 0.29) is 7.43 Å². The van der Waals surface area contributed by atoms with Gasteiger partial charge in [0.25, 0.3) is 0 Å². The summed E-state index contributed by atoms with van der Waals surface area (Å²) < 4.78 is 0. The van der Waals surface area contributed by atoms with Crippen LogP contribution >= 0.6 is 0 Å². The maximum absolute atomic E-state index is 2.66. The molecule has 0 aromatic rings. The predicted molar refractivity (Wildman–Crippen MR) is 93.6 cm³/mol. The summed E-state index contributed by atoms with van der Waals surface area (Å²) in [5.74, 6) is 0.963. The molecule has 0 saturated carbocycles. The summed E-state index contributed by atoms with van der Waals surface area (Å²) in [4.78, 5) is 7.56. The van der Waals surface area contributed by atoms with Crippen molar-refractivity contribution in [2.24, 2.45) is 5.92 Å². The Balaban J connectivity index is 0. The smallest absolute Gasteiger partial charge is 0.0110 e. The zero-order chi connectivity index (χ0) is 14.7. The van der Waals surface area contributed by atoms with Gasteiger partial charge >= 0.3 is 0 Å². The van der Waals surface area contributed by atoms with Crippen LogP contribution in [0.25, 0.3) is 0 Å². The average Bonchev–Trinajstić information content (AvgIpc) is 2.48. The molecular weight excluding hydrogens is 246 g/mol. The van der Waals surface area contributed by atoms with Crippen LogP contribution in [-0.2, 0) is 0 Å². The van der Waals surface area contributed by atoms with Crippen LogP contribution in [0.15, 0.2) is 0 Å². The molecule has 2 rings (SSSR count). The van der Waals surface area contributed by atoms with E-state index in [1.54, 1.807) is 0 Å². The number of likely N-dealkylation sites (N-methyl/N-ethyl adjacent to an activating group) is 1. The lowest BCUT2D eigenvalue weighted by Crippen LogP contribution is -2.47. The first kappa shape index (κ1) is 22.2. The minimum absolute atomic E-state index is 0. The van der Waals surface area contributed by atoms with Gasteiger partial charge in [-0.3, -0.25) is 0 Å². The SMILES string of the molecule is C.CC.CC.CN1CCC(CN2CCN(C)CC2)CC1. The first-order valence-corrected chi connectivity index (χ1v) is 8.33. The van der Waals surface area contributed by atoms with E-state index in [0.717, 1.165) is 5.92 Å². The van der Waals surface area contributed by atoms with Gasteiger partial charge in [0.05, 0.1) is 0 Å². The second-order valence-electron chi connectivity index (χ2n) is 5.35. The quantitative estimate of drug-likeness (QED) is 0.772. The van der Waals surface area contributed by atoms with Crippen LogP contribution < -0.4 is 0 Å². The topological polar surface area (TPSA) is 9.72 Å². The fraction of sp³-hybridized carbons (Fsp3) is 1.00. The third-order valence-corrected chi connectivity index (χ3v) is 3.95. The summed E-state index contributed by atoms with van der Waals surface area (Å²) in [6.07, 6.45) is 2.81. The van der Waals surface area contributed by atoms with E-state index in [9.17, 15) is 0 Å². The highest BCUT2D eigenvalue weighted by Gasteiger charge is 2.21. The van der Waals surface area contributed by atoms with Gasteiger partial charge in [-0.15, -0.1) is 0 Å². The summed E-state index contributed by atoms with van der Waals surface area (Å²) in [7, 11) is 4.47. The number of hydrogen-bond donors (Lipinski definition) is 0. The van der Waals surface area contributed by atoms with Crippen LogP contribution in [0.5, 0.6) is 0 Å². The Morgan fingerprint density at radius 1 is 0.700 bits per heavy atom. The van der Waals surface area contributed by atoms with Crippen LogP contribution in [-0.4, -0.2) is 74.6 Å². The Kier molecular flexibility index (Phi) is 15.3. The molecular formula is C17H41N3. The molecule has 2 saturated heterocycles. The molecule has 124 valence electrons. The van der Waals surface area contributed by atoms with Gasteiger partial charge in [-0.2, -0.15) is 0 Å². The van der Waals surface area contributed by atoms with Gasteiger partial charge in [0.1, 0.15) is 0 Å². The maximum Gasteiger partial charge on any atom is 0.0110 e. The van der Waals surface area contributed by atoms with Crippen molar-refractivity contribution in [3.8, 4) is 0 Å². The maximum atomic E-state index is 2.66. The van der Waals surface area contributed by atoms with Crippen LogP contribution in [0.2, 0.25) is 0 Å². The van der Waals surface area contributed by atoms with Crippen LogP contribution in [0.3, 0.4) is 0 Å². The molecule has 2 fully saturated rings. The van der Waals surface area contributed by atoms with Gasteiger partial charge in [-0.05, 0) is 45.9 Å². The second kappa shape index (κ2) is 13.8. The normalized spacial score (nSPS) is 21.9. The molecule has 3 nitrogen and oxygen atoms in total. The minimum atomic E-state index is 0. The van der Waals surface area contributed by atoms with Crippen LogP contribution in [0, 0.1) is 5.92 Å². The highest BCUT2D eigenvalue weighted by Crippen LogP contribution is 2.17. The van der Waals surface area contributed by atoms with Crippen molar-refractivity contribution in [3.05, 3.63) is 0 Å². The predicted octanol–water partition coefficient (Wildman–Crippen LogP) is 3.26. The Hall–Kier alpha value is -0.120. The highest BCUT2D eigenvalue weighted by molar-refractivity contribution is 4.76. The third kappa shape index (κ3) is 8.93. The molecule has 0 aromatic heterocycles. The molecule has 0 N–H and O–H groups in total. The molecule has 0 atom stereocenters. The molecule has 0 spiro atoms. The molecule has 0 aliphatic carbocycles. The summed E-state index contributed by atoms with van der Waals surface area (Å²) >= 11 is 0. The van der Waals surface area contributed by atoms with Crippen molar-refractivity contribution in [3.63, 3.8) is 0 Å². The minimum Gasteiger partial charge on any atom is -0.306 e. The van der Waals surface area contributed by atoms with Gasteiger partial charge in [0, 0.05) is 32.7 Å². The zero-order valence-corrected chi connectivity index (χ0v) is 14.3. The Bertz CT molecular complexity index is 161. The van der Waals surface area contributed by atoms with Gasteiger partial charge < -0.3 is 14.7 Å². The second-order valence-corrected chi connectivity index (χ2v) is 5.35. The summed E-state index contributed by atoms with van der Waals surface area (Å²) in [5.41, 5.74) is 0. The van der Waals surface area contributed by atoms with Crippen molar-refractivity contribution < 1.29 is 0 Å². The summed E-state index contributed by atoms with van der Waals surface area (Å²) in [6.45, 7) is 17.0. The molecule has 2 aliphatic rings. The van der Waals surface area contributed by atoms with Crippen molar-refractivity contribution in [2.45, 2.75) is 48.0 Å². The number of piperazine rings is 1. The molecule has 3 heteroatoms. The van der Waals surface area contributed by atoms with Gasteiger partial charge in [0.15, 0.2) is 0 Å². The lowest BCUT2D eigenvalue weighted by atomic mass is 9.96. The monoisotopic (exact) mass is 287 g/mol. The average molecular weight is 288 g/mol. The first-order chi connectivity index (χ1) is 9.24. The van der Waals surface area contributed by atoms with E-state index in [0.29, 0.717) is 0 Å². The van der Waals surface area contributed by atoms with E-state index in [1.165, 1.54) is 58.7 Å². The van der Waals surface area contributed by atoms with Crippen LogP contribution in [0.1, 0.15) is 48.0 Å². The van der Waals surface area contributed by atoms with E-state index >= 15 is 0 Å². The van der Waals surface area contributed by atoms with E-state index in [4.69, 9.17) is 0 Å². The summed E-state index contributed by atoms with van der Waals surface area (Å²) in [6, 6.07) is 0. The van der Waals surface area contributed by atoms with Gasteiger partial charge in [0.2, 0.25) is 0 Å². The molecule has 0 radical (unpaired) electrons. The lowest BCUT2D eigenvalue weighted by Gasteiger charge is -2.37. The number of hydrogen-bond acceptors (Lipinski definition) is 3. The van der Waals surface area contributed by atoms with E-state index in [1.807, 2.05) is 27.7 Å². The molecule has 2 aliphatic heterocycles. The summed E-state index contributed by atoms with van der Waals surface area (Å²) in [5, 5.41) is 0. The van der Waals surface area contributed by atoms with Crippen LogP contribution in [0.4, 0.5) is 0 Å². The van der Waals surface area contributed by atoms with Gasteiger partial charge in [-0.1, -0.05) is 35.1 Å². The van der Waals surface area contributed by atoms with E-state index < -0.39 is 0 Å². The molecule has 0 bridgehead atoms. The Morgan fingerprint density at radius 2 is 1.10 bits per heavy atom. The molecule has 20 heavy (non-hydrogen) atoms. The lowest BCUT2D eigenvalue weighted by molar-refractivity contribution is 0.112. The van der Waals surface area contributed by atoms with Crippen molar-refractivity contribution in [1.29, 1.82) is 0 Å². The number of nitrogens with zero attached hydrogens (tertiary/aromatic N) is 3. The molecule has 0 aromatic carbocycles. The Morgan fingerprint density at radius 3 is 1.55 bits per heavy atom. The van der Waals surface area contributed by atoms with Crippen molar-refractivity contribution in [1.82, 2.24) is 14.7 Å². The number of likely N-dealkylation sites (tertiary alicyclic amines) is 1. The number of rotatable bonds is 2. The molecule has 2 heterocycles. The van der Waals surface area contributed by atoms with Gasteiger partial charge in [-0.25, -0.2) is 0 Å². The largest absolute Gasteiger partial charge is 0.306 e. The van der Waals surface area contributed by atoms with Crippen molar-refractivity contribution in [2.75, 3.05) is 59.9 Å². The first-order valence-electron chi connectivity index (χ1n) is 8.33. The fourth-order valence-corrected chi connectivity index (χ4v) is 2.64. The Labute approximate surface area is 129 Å². The standard InChI is InChI=1S/C12H25N3.2C2H6.CH4/c1-13-5-3-12(4-6-13)11-15-9-7-14(2)8-10-15;2*1-2;/h12H,3-11H2,1-2H3;2*1-2H3;1H4. The van der Waals surface area contributed by atoms with E-state index in [2.05, 4.69) is 28.8 Å². The molecule has 0 unspecified atom stereocenters. The fourth-order valence-electron chi connectivity index (χ4n) is 2.64. The zero-order valence-electron chi connectivity index (χ0n) is 14.3. The third-order valence-electron chi connectivity index (χ3n) is 3.95. The van der Waals surface area contributed by atoms with Crippen molar-refractivity contribution >= 4 is 0 Å². The number of piperidine rings is 1.